The number of benzene rings is 3. The van der Waals surface area contributed by atoms with Crippen LogP contribution in [0.2, 0.25) is 0 Å². The fraction of sp³-hybridized carbons (Fsp3) is 0.296. The molecule has 0 unspecified atom stereocenters. The molecule has 5 rings (SSSR count). The van der Waals surface area contributed by atoms with Gasteiger partial charge in [-0.05, 0) is 34.6 Å². The zero-order valence-corrected chi connectivity index (χ0v) is 17.0. The quantitative estimate of drug-likeness (QED) is 0.600. The molecule has 3 nitrogen and oxygen atoms in total. The van der Waals surface area contributed by atoms with Crippen molar-refractivity contribution in [2.24, 2.45) is 5.92 Å². The number of ether oxygens (including phenoxy) is 1. The third-order valence-electron chi connectivity index (χ3n) is 6.73. The van der Waals surface area contributed by atoms with E-state index >= 15 is 0 Å². The van der Waals surface area contributed by atoms with Gasteiger partial charge in [-0.25, -0.2) is 0 Å². The minimum Gasteiger partial charge on any atom is -0.460 e. The van der Waals surface area contributed by atoms with Gasteiger partial charge in [0.1, 0.15) is 17.6 Å². The first-order valence-corrected chi connectivity index (χ1v) is 10.7. The van der Waals surface area contributed by atoms with Gasteiger partial charge >= 0.3 is 5.97 Å². The smallest absolute Gasteiger partial charge is 0.320 e. The summed E-state index contributed by atoms with van der Waals surface area (Å²) in [7, 11) is 0. The van der Waals surface area contributed by atoms with Gasteiger partial charge in [-0.15, -0.1) is 0 Å². The second-order valence-electron chi connectivity index (χ2n) is 8.67. The van der Waals surface area contributed by atoms with Crippen molar-refractivity contribution in [3.8, 4) is 0 Å². The Kier molecular flexibility index (Phi) is 4.71. The number of rotatable bonds is 6. The molecular weight excluding hydrogens is 372 g/mol. The van der Waals surface area contributed by atoms with Crippen molar-refractivity contribution in [2.45, 2.75) is 43.3 Å². The average Bonchev–Trinajstić information content (AvgIpc) is 3.57. The molecular formula is C27H26O3. The molecule has 30 heavy (non-hydrogen) atoms. The predicted octanol–water partition coefficient (Wildman–Crippen LogP) is 4.91. The zero-order valence-electron chi connectivity index (χ0n) is 17.0. The molecule has 3 heteroatoms. The van der Waals surface area contributed by atoms with Crippen LogP contribution in [0.5, 0.6) is 0 Å². The van der Waals surface area contributed by atoms with Crippen LogP contribution in [-0.2, 0) is 33.6 Å². The van der Waals surface area contributed by atoms with E-state index in [1.807, 2.05) is 84.9 Å². The Labute approximate surface area is 177 Å². The first-order valence-electron chi connectivity index (χ1n) is 10.7. The summed E-state index contributed by atoms with van der Waals surface area (Å²) in [6.45, 7) is 0.207. The highest BCUT2D eigenvalue weighted by atomic mass is 16.5. The summed E-state index contributed by atoms with van der Waals surface area (Å²) in [5.74, 6) is 0.116. The molecule has 0 bridgehead atoms. The number of esters is 1. The van der Waals surface area contributed by atoms with Crippen LogP contribution in [0, 0.1) is 5.92 Å². The van der Waals surface area contributed by atoms with Gasteiger partial charge < -0.3 is 9.84 Å². The van der Waals surface area contributed by atoms with E-state index in [1.165, 1.54) is 0 Å². The highest BCUT2D eigenvalue weighted by Crippen LogP contribution is 2.58. The monoisotopic (exact) mass is 398 g/mol. The van der Waals surface area contributed by atoms with Gasteiger partial charge in [0, 0.05) is 6.42 Å². The predicted molar refractivity (Wildman–Crippen MR) is 116 cm³/mol. The number of fused-ring (bicyclic) bond motifs is 1. The topological polar surface area (TPSA) is 46.5 Å². The van der Waals surface area contributed by atoms with Gasteiger partial charge in [-0.1, -0.05) is 97.8 Å². The number of hydrogen-bond acceptors (Lipinski definition) is 3. The molecule has 2 atom stereocenters. The fourth-order valence-electron chi connectivity index (χ4n) is 5.04. The van der Waals surface area contributed by atoms with Gasteiger partial charge in [0.2, 0.25) is 0 Å². The molecule has 0 saturated heterocycles. The van der Waals surface area contributed by atoms with Crippen molar-refractivity contribution in [2.75, 3.05) is 0 Å². The molecule has 1 N–H and O–H groups in total. The second kappa shape index (κ2) is 7.41. The van der Waals surface area contributed by atoms with E-state index in [4.69, 9.17) is 4.74 Å². The highest BCUT2D eigenvalue weighted by molar-refractivity contribution is 5.88. The standard InChI is InChI=1S/C27H26O3/c28-25(30-19-21-9-3-1-4-10-21)26(17-20-15-16-20)24-14-8-7-11-22(24)18-27(26,29)23-12-5-2-6-13-23/h1-14,20,29H,15-19H2/t26-,27+/m0/s1. The third kappa shape index (κ3) is 3.05. The molecule has 0 radical (unpaired) electrons. The van der Waals surface area contributed by atoms with E-state index in [2.05, 4.69) is 0 Å². The number of hydrogen-bond donors (Lipinski definition) is 1. The Morgan fingerprint density at radius 1 is 0.900 bits per heavy atom. The van der Waals surface area contributed by atoms with Gasteiger partial charge in [-0.3, -0.25) is 4.79 Å². The second-order valence-corrected chi connectivity index (χ2v) is 8.67. The lowest BCUT2D eigenvalue weighted by Gasteiger charge is -2.41. The van der Waals surface area contributed by atoms with Gasteiger partial charge in [0.15, 0.2) is 0 Å². The van der Waals surface area contributed by atoms with Gasteiger partial charge in [0.05, 0.1) is 0 Å². The maximum absolute atomic E-state index is 13.9. The lowest BCUT2D eigenvalue weighted by atomic mass is 9.65. The molecule has 0 spiro atoms. The molecule has 1 fully saturated rings. The van der Waals surface area contributed by atoms with Crippen molar-refractivity contribution in [1.82, 2.24) is 0 Å². The van der Waals surface area contributed by atoms with Crippen molar-refractivity contribution >= 4 is 5.97 Å². The van der Waals surface area contributed by atoms with Crippen molar-refractivity contribution in [1.29, 1.82) is 0 Å². The summed E-state index contributed by atoms with van der Waals surface area (Å²) in [6.07, 6.45) is 3.23. The van der Waals surface area contributed by atoms with Crippen LogP contribution in [0.3, 0.4) is 0 Å². The van der Waals surface area contributed by atoms with Crippen LogP contribution in [-0.4, -0.2) is 11.1 Å². The van der Waals surface area contributed by atoms with E-state index in [1.54, 1.807) is 0 Å². The maximum Gasteiger partial charge on any atom is 0.320 e. The number of aliphatic hydroxyl groups is 1. The van der Waals surface area contributed by atoms with Crippen LogP contribution in [0.1, 0.15) is 41.5 Å². The molecule has 152 valence electrons. The van der Waals surface area contributed by atoms with Gasteiger partial charge in [-0.2, -0.15) is 0 Å². The van der Waals surface area contributed by atoms with Crippen LogP contribution < -0.4 is 0 Å². The van der Waals surface area contributed by atoms with Crippen LogP contribution in [0.25, 0.3) is 0 Å². The normalized spacial score (nSPS) is 25.0. The largest absolute Gasteiger partial charge is 0.460 e. The molecule has 0 aliphatic heterocycles. The molecule has 0 aromatic heterocycles. The lowest BCUT2D eigenvalue weighted by molar-refractivity contribution is -0.166. The summed E-state index contributed by atoms with van der Waals surface area (Å²) in [5.41, 5.74) is 1.25. The molecule has 0 amide bonds. The van der Waals surface area contributed by atoms with Crippen LogP contribution >= 0.6 is 0 Å². The molecule has 2 aliphatic carbocycles. The van der Waals surface area contributed by atoms with E-state index in [9.17, 15) is 9.90 Å². The zero-order chi connectivity index (χ0) is 20.6. The Balaban J connectivity index is 1.61. The minimum absolute atomic E-state index is 0.207. The molecule has 3 aromatic rings. The summed E-state index contributed by atoms with van der Waals surface area (Å²) >= 11 is 0. The van der Waals surface area contributed by atoms with Crippen LogP contribution in [0.15, 0.2) is 84.9 Å². The molecule has 2 aliphatic rings. The van der Waals surface area contributed by atoms with Gasteiger partial charge in [0.25, 0.3) is 0 Å². The molecule has 1 saturated carbocycles. The first kappa shape index (κ1) is 19.1. The summed E-state index contributed by atoms with van der Waals surface area (Å²) < 4.78 is 5.92. The van der Waals surface area contributed by atoms with Crippen molar-refractivity contribution in [3.05, 3.63) is 107 Å². The number of carbonyl (C=O) groups is 1. The minimum atomic E-state index is -1.33. The highest BCUT2D eigenvalue weighted by Gasteiger charge is 2.64. The summed E-state index contributed by atoms with van der Waals surface area (Å²) in [5, 5.41) is 12.2. The number of carbonyl (C=O) groups excluding carboxylic acids is 1. The third-order valence-corrected chi connectivity index (χ3v) is 6.73. The van der Waals surface area contributed by atoms with E-state index in [0.29, 0.717) is 18.8 Å². The van der Waals surface area contributed by atoms with Crippen LogP contribution in [0.4, 0.5) is 0 Å². The Bertz CT molecular complexity index is 1040. The van der Waals surface area contributed by atoms with E-state index in [-0.39, 0.29) is 12.6 Å². The Morgan fingerprint density at radius 2 is 1.53 bits per heavy atom. The first-order chi connectivity index (χ1) is 14.6. The maximum atomic E-state index is 13.9. The SMILES string of the molecule is O=C(OCc1ccccc1)[C@]1(CC2CC2)c2ccccc2C[C@@]1(O)c1ccccc1. The van der Waals surface area contributed by atoms with E-state index < -0.39 is 11.0 Å². The Morgan fingerprint density at radius 3 is 2.23 bits per heavy atom. The van der Waals surface area contributed by atoms with Crippen molar-refractivity contribution in [3.63, 3.8) is 0 Å². The summed E-state index contributed by atoms with van der Waals surface area (Å²) in [4.78, 5) is 13.9. The van der Waals surface area contributed by atoms with E-state index in [0.717, 1.165) is 35.1 Å². The summed E-state index contributed by atoms with van der Waals surface area (Å²) in [6, 6.07) is 27.3. The molecule has 3 aromatic carbocycles. The lowest BCUT2D eigenvalue weighted by Crippen LogP contribution is -2.53. The fourth-order valence-corrected chi connectivity index (χ4v) is 5.04. The average molecular weight is 399 g/mol. The Hall–Kier alpha value is -2.91. The van der Waals surface area contributed by atoms with Crippen molar-refractivity contribution < 1.29 is 14.6 Å². The molecule has 0 heterocycles.